The number of carbonyl (C=O) groups is 1. The van der Waals surface area contributed by atoms with Gasteiger partial charge in [0.25, 0.3) is 0 Å². The van der Waals surface area contributed by atoms with Gasteiger partial charge in [0.15, 0.2) is 11.2 Å². The summed E-state index contributed by atoms with van der Waals surface area (Å²) < 4.78 is 2.08. The average Bonchev–Trinajstić information content (AvgIpc) is 2.70. The second kappa shape index (κ2) is 9.57. The van der Waals surface area contributed by atoms with E-state index >= 15 is 0 Å². The van der Waals surface area contributed by atoms with Crippen LogP contribution in [0.15, 0.2) is 23.1 Å². The van der Waals surface area contributed by atoms with Crippen molar-refractivity contribution in [2.24, 2.45) is 0 Å². The zero-order chi connectivity index (χ0) is 19.9. The van der Waals surface area contributed by atoms with E-state index in [4.69, 9.17) is 0 Å². The van der Waals surface area contributed by atoms with Crippen LogP contribution in [0, 0.1) is 12.0 Å². The number of aromatic nitrogens is 1. The van der Waals surface area contributed by atoms with Crippen molar-refractivity contribution < 1.29 is 4.79 Å². The maximum Gasteiger partial charge on any atom is 0.200 e. The highest BCUT2D eigenvalue weighted by Gasteiger charge is 2.19. The molecule has 0 saturated carbocycles. The summed E-state index contributed by atoms with van der Waals surface area (Å²) in [6.45, 7) is 7.59. The summed E-state index contributed by atoms with van der Waals surface area (Å²) in [6, 6.07) is 6.91. The molecule has 0 atom stereocenters. The Kier molecular flexibility index (Phi) is 6.89. The van der Waals surface area contributed by atoms with Crippen molar-refractivity contribution in [3.05, 3.63) is 45.2 Å². The second-order valence-electron chi connectivity index (χ2n) is 7.30. The highest BCUT2D eigenvalue weighted by atomic mass is 16.1. The topological polar surface area (TPSA) is 63.1 Å². The average molecular weight is 380 g/mol. The quantitative estimate of drug-likeness (QED) is 0.320. The lowest BCUT2D eigenvalue weighted by molar-refractivity contribution is 0.0980. The van der Waals surface area contributed by atoms with E-state index in [0.717, 1.165) is 68.5 Å². The van der Waals surface area contributed by atoms with Gasteiger partial charge >= 0.3 is 0 Å². The summed E-state index contributed by atoms with van der Waals surface area (Å²) in [5.74, 6) is 3.06. The first-order valence-electron chi connectivity index (χ1n) is 10.3. The lowest BCUT2D eigenvalue weighted by Crippen LogP contribution is -2.25. The standard InChI is InChI=1S/C23H29N3O2/c1-3-6-21(27)20-16-26-13-5-7-18-14-17(15-19(22(18)26)23(20)28)8-10-25-12-11-24-9-4-2/h14-16,24-25H,3-7,9,11-13H2,1-2H3. The first-order valence-corrected chi connectivity index (χ1v) is 10.3. The predicted octanol–water partition coefficient (Wildman–Crippen LogP) is 2.83. The highest BCUT2D eigenvalue weighted by Crippen LogP contribution is 2.25. The molecule has 2 N–H and O–H groups in total. The van der Waals surface area contributed by atoms with Gasteiger partial charge in [0, 0.05) is 49.2 Å². The van der Waals surface area contributed by atoms with Crippen LogP contribution in [0.2, 0.25) is 0 Å². The summed E-state index contributed by atoms with van der Waals surface area (Å²) in [5, 5.41) is 7.04. The molecule has 0 aliphatic carbocycles. The van der Waals surface area contributed by atoms with Gasteiger partial charge < -0.3 is 15.2 Å². The van der Waals surface area contributed by atoms with Crippen molar-refractivity contribution in [3.8, 4) is 12.0 Å². The molecule has 1 aromatic heterocycles. The van der Waals surface area contributed by atoms with E-state index < -0.39 is 0 Å². The number of nitrogens with zero attached hydrogens (tertiary/aromatic N) is 1. The first-order chi connectivity index (χ1) is 13.7. The Morgan fingerprint density at radius 2 is 2.04 bits per heavy atom. The Balaban J connectivity index is 1.92. The van der Waals surface area contributed by atoms with Gasteiger partial charge in [0.05, 0.1) is 11.1 Å². The van der Waals surface area contributed by atoms with Crippen LogP contribution in [0.3, 0.4) is 0 Å². The molecule has 0 bridgehead atoms. The number of rotatable bonds is 8. The highest BCUT2D eigenvalue weighted by molar-refractivity contribution is 5.99. The van der Waals surface area contributed by atoms with Gasteiger partial charge in [-0.2, -0.15) is 0 Å². The predicted molar refractivity (Wildman–Crippen MR) is 114 cm³/mol. The van der Waals surface area contributed by atoms with Crippen molar-refractivity contribution in [3.63, 3.8) is 0 Å². The monoisotopic (exact) mass is 379 g/mol. The summed E-state index contributed by atoms with van der Waals surface area (Å²) in [5.41, 5.74) is 3.08. The van der Waals surface area contributed by atoms with Crippen LogP contribution in [-0.2, 0) is 13.0 Å². The van der Waals surface area contributed by atoms with Gasteiger partial charge in [-0.05, 0) is 55.8 Å². The fraction of sp³-hybridized carbons (Fsp3) is 0.478. The molecule has 0 radical (unpaired) electrons. The Morgan fingerprint density at radius 1 is 1.18 bits per heavy atom. The zero-order valence-electron chi connectivity index (χ0n) is 16.9. The lowest BCUT2D eigenvalue weighted by atomic mass is 9.96. The van der Waals surface area contributed by atoms with Gasteiger partial charge in [-0.15, -0.1) is 0 Å². The molecule has 0 fully saturated rings. The summed E-state index contributed by atoms with van der Waals surface area (Å²) in [4.78, 5) is 25.4. The number of hydrogen-bond acceptors (Lipinski definition) is 4. The van der Waals surface area contributed by atoms with E-state index in [1.165, 1.54) is 0 Å². The van der Waals surface area contributed by atoms with Gasteiger partial charge in [0.1, 0.15) is 0 Å². The van der Waals surface area contributed by atoms with Crippen molar-refractivity contribution in [2.75, 3.05) is 19.6 Å². The third-order valence-electron chi connectivity index (χ3n) is 5.02. The maximum absolute atomic E-state index is 13.0. The van der Waals surface area contributed by atoms with E-state index in [0.29, 0.717) is 17.4 Å². The van der Waals surface area contributed by atoms with Crippen LogP contribution in [0.5, 0.6) is 0 Å². The van der Waals surface area contributed by atoms with Crippen LogP contribution < -0.4 is 16.1 Å². The molecule has 28 heavy (non-hydrogen) atoms. The third-order valence-corrected chi connectivity index (χ3v) is 5.02. The number of ketones is 1. The molecule has 148 valence electrons. The summed E-state index contributed by atoms with van der Waals surface area (Å²) in [6.07, 6.45) is 5.97. The van der Waals surface area contributed by atoms with E-state index in [2.05, 4.69) is 40.2 Å². The molecule has 0 amide bonds. The number of pyridine rings is 1. The molecule has 1 aliphatic heterocycles. The number of carbonyl (C=O) groups excluding carboxylic acids is 1. The number of Topliss-reactive ketones (excluding diaryl/α,β-unsaturated/α-hetero) is 1. The fourth-order valence-corrected chi connectivity index (χ4v) is 3.70. The van der Waals surface area contributed by atoms with Crippen molar-refractivity contribution in [1.82, 2.24) is 15.2 Å². The minimum absolute atomic E-state index is 0.0667. The SMILES string of the molecule is CCCNCCNC#Cc1cc2c3c(c1)c(=O)c(C(=O)CCC)cn3CCC2. The van der Waals surface area contributed by atoms with E-state index in [9.17, 15) is 9.59 Å². The van der Waals surface area contributed by atoms with Crippen molar-refractivity contribution in [2.45, 2.75) is 52.5 Å². The Bertz CT molecular complexity index is 979. The van der Waals surface area contributed by atoms with Gasteiger partial charge in [-0.3, -0.25) is 9.59 Å². The lowest BCUT2D eigenvalue weighted by Gasteiger charge is -2.21. The number of aryl methyl sites for hydroxylation is 2. The minimum Gasteiger partial charge on any atom is -0.346 e. The second-order valence-corrected chi connectivity index (χ2v) is 7.30. The minimum atomic E-state index is -0.159. The number of benzene rings is 1. The fourth-order valence-electron chi connectivity index (χ4n) is 3.70. The molecule has 3 rings (SSSR count). The number of nitrogens with one attached hydrogen (secondary N) is 2. The third kappa shape index (κ3) is 4.45. The van der Waals surface area contributed by atoms with E-state index in [1.54, 1.807) is 6.20 Å². The van der Waals surface area contributed by atoms with Crippen LogP contribution >= 0.6 is 0 Å². The Hall–Kier alpha value is -2.58. The molecule has 1 aromatic carbocycles. The summed E-state index contributed by atoms with van der Waals surface area (Å²) in [7, 11) is 0. The molecular formula is C23H29N3O2. The summed E-state index contributed by atoms with van der Waals surface area (Å²) >= 11 is 0. The van der Waals surface area contributed by atoms with Crippen molar-refractivity contribution >= 4 is 16.7 Å². The first kappa shape index (κ1) is 20.2. The van der Waals surface area contributed by atoms with Crippen molar-refractivity contribution in [1.29, 1.82) is 0 Å². The van der Waals surface area contributed by atoms with Gasteiger partial charge in [-0.1, -0.05) is 13.8 Å². The van der Waals surface area contributed by atoms with Gasteiger partial charge in [-0.25, -0.2) is 0 Å². The molecule has 1 aliphatic rings. The molecule has 5 nitrogen and oxygen atoms in total. The van der Waals surface area contributed by atoms with Crippen LogP contribution in [0.25, 0.3) is 10.9 Å². The van der Waals surface area contributed by atoms with Crippen LogP contribution in [-0.4, -0.2) is 30.0 Å². The smallest absolute Gasteiger partial charge is 0.200 e. The van der Waals surface area contributed by atoms with E-state index in [-0.39, 0.29) is 11.2 Å². The molecule has 2 aromatic rings. The molecule has 0 unspecified atom stereocenters. The zero-order valence-corrected chi connectivity index (χ0v) is 16.9. The molecular weight excluding hydrogens is 350 g/mol. The maximum atomic E-state index is 13.0. The molecule has 5 heteroatoms. The number of hydrogen-bond donors (Lipinski definition) is 2. The van der Waals surface area contributed by atoms with E-state index in [1.807, 2.05) is 13.0 Å². The van der Waals surface area contributed by atoms with Crippen LogP contribution in [0.1, 0.15) is 61.0 Å². The molecule has 0 spiro atoms. The molecule has 0 saturated heterocycles. The molecule has 2 heterocycles. The normalized spacial score (nSPS) is 12.5. The largest absolute Gasteiger partial charge is 0.346 e. The Labute approximate surface area is 166 Å². The Morgan fingerprint density at radius 3 is 2.82 bits per heavy atom. The van der Waals surface area contributed by atoms with Gasteiger partial charge in [0.2, 0.25) is 0 Å². The van der Waals surface area contributed by atoms with Crippen LogP contribution in [0.4, 0.5) is 0 Å².